The molecule has 0 heterocycles. The summed E-state index contributed by atoms with van der Waals surface area (Å²) < 4.78 is 5.16. The Hall–Kier alpha value is -1.49. The molecule has 0 saturated heterocycles. The number of para-hydroxylation sites is 1. The second kappa shape index (κ2) is 9.72. The third-order valence-electron chi connectivity index (χ3n) is 3.77. The van der Waals surface area contributed by atoms with E-state index in [1.54, 1.807) is 30.5 Å². The van der Waals surface area contributed by atoms with E-state index in [0.717, 1.165) is 23.2 Å². The molecule has 4 nitrogen and oxygen atoms in total. The molecule has 1 aromatic carbocycles. The molecule has 5 heteroatoms. The molecule has 0 aliphatic carbocycles. The van der Waals surface area contributed by atoms with Gasteiger partial charge in [-0.15, -0.1) is 11.8 Å². The molecule has 1 atom stereocenters. The Morgan fingerprint density at radius 1 is 1.21 bits per heavy atom. The van der Waals surface area contributed by atoms with Gasteiger partial charge in [-0.05, 0) is 43.6 Å². The predicted molar refractivity (Wildman–Crippen MR) is 102 cm³/mol. The molecule has 0 N–H and O–H groups in total. The molecule has 0 aromatic heterocycles. The summed E-state index contributed by atoms with van der Waals surface area (Å²) in [5.41, 5.74) is 2.90. The lowest BCUT2D eigenvalue weighted by Gasteiger charge is -2.31. The number of carbonyl (C=O) groups is 2. The van der Waals surface area contributed by atoms with Crippen LogP contribution < -0.4 is 4.90 Å². The Balaban J connectivity index is 3.28. The smallest absolute Gasteiger partial charge is 0.328 e. The van der Waals surface area contributed by atoms with Crippen molar-refractivity contribution in [1.29, 1.82) is 0 Å². The van der Waals surface area contributed by atoms with Gasteiger partial charge >= 0.3 is 5.97 Å². The van der Waals surface area contributed by atoms with Crippen molar-refractivity contribution in [2.45, 2.75) is 59.3 Å². The summed E-state index contributed by atoms with van der Waals surface area (Å²) >= 11 is 1.58. The summed E-state index contributed by atoms with van der Waals surface area (Å²) in [4.78, 5) is 26.8. The number of ether oxygens (including phenoxy) is 1. The zero-order valence-corrected chi connectivity index (χ0v) is 16.4. The number of benzene rings is 1. The second-order valence-electron chi connectivity index (χ2n) is 5.99. The van der Waals surface area contributed by atoms with Crippen LogP contribution in [0.5, 0.6) is 0 Å². The zero-order valence-electron chi connectivity index (χ0n) is 15.6. The fourth-order valence-corrected chi connectivity index (χ4v) is 3.17. The van der Waals surface area contributed by atoms with Crippen LogP contribution in [0, 0.1) is 6.92 Å². The molecule has 0 aliphatic heterocycles. The number of anilines is 1. The lowest BCUT2D eigenvalue weighted by molar-refractivity contribution is -0.145. The largest absolute Gasteiger partial charge is 0.464 e. The molecule has 1 aromatic rings. The lowest BCUT2D eigenvalue weighted by atomic mass is 10.0. The van der Waals surface area contributed by atoms with Gasteiger partial charge in [-0.25, -0.2) is 4.79 Å². The van der Waals surface area contributed by atoms with Crippen molar-refractivity contribution >= 4 is 29.3 Å². The van der Waals surface area contributed by atoms with E-state index in [1.807, 2.05) is 25.1 Å². The van der Waals surface area contributed by atoms with Crippen LogP contribution in [0.25, 0.3) is 0 Å². The number of hydrogen-bond donors (Lipinski definition) is 0. The van der Waals surface area contributed by atoms with E-state index in [4.69, 9.17) is 4.74 Å². The first-order valence-electron chi connectivity index (χ1n) is 8.52. The highest BCUT2D eigenvalue weighted by Crippen LogP contribution is 2.29. The third kappa shape index (κ3) is 5.26. The van der Waals surface area contributed by atoms with Gasteiger partial charge in [-0.1, -0.05) is 39.0 Å². The van der Waals surface area contributed by atoms with Gasteiger partial charge in [0.1, 0.15) is 6.04 Å². The zero-order chi connectivity index (χ0) is 18.3. The second-order valence-corrected chi connectivity index (χ2v) is 7.55. The van der Waals surface area contributed by atoms with Gasteiger partial charge in [0.15, 0.2) is 0 Å². The Labute approximate surface area is 149 Å². The van der Waals surface area contributed by atoms with Crippen LogP contribution in [0.3, 0.4) is 0 Å². The fraction of sp³-hybridized carbons (Fsp3) is 0.579. The quantitative estimate of drug-likeness (QED) is 0.665. The molecule has 0 saturated carbocycles. The summed E-state index contributed by atoms with van der Waals surface area (Å²) in [6, 6.07) is 5.33. The van der Waals surface area contributed by atoms with Crippen LogP contribution in [0.15, 0.2) is 18.2 Å². The van der Waals surface area contributed by atoms with Crippen molar-refractivity contribution < 1.29 is 14.3 Å². The number of carbonyl (C=O) groups excluding carboxylic acids is 2. The van der Waals surface area contributed by atoms with Gasteiger partial charge in [0.05, 0.1) is 18.0 Å². The molecule has 0 bridgehead atoms. The summed E-state index contributed by atoms with van der Waals surface area (Å²) in [5.74, 6) is -0.0808. The molecule has 1 unspecified atom stereocenters. The van der Waals surface area contributed by atoms with Crippen molar-refractivity contribution in [2.75, 3.05) is 17.3 Å². The van der Waals surface area contributed by atoms with Crippen molar-refractivity contribution in [3.05, 3.63) is 29.3 Å². The molecular weight excluding hydrogens is 322 g/mol. The molecule has 1 rings (SSSR count). The number of hydrogen-bond acceptors (Lipinski definition) is 4. The Kier molecular flexibility index (Phi) is 8.32. The minimum absolute atomic E-state index is 0.0572. The lowest BCUT2D eigenvalue weighted by Crippen LogP contribution is -2.46. The van der Waals surface area contributed by atoms with E-state index in [0.29, 0.717) is 17.6 Å². The number of thioether (sulfide) groups is 1. The van der Waals surface area contributed by atoms with Crippen molar-refractivity contribution in [3.8, 4) is 0 Å². The number of amides is 1. The summed E-state index contributed by atoms with van der Waals surface area (Å²) in [6.07, 6.45) is 0.799. The van der Waals surface area contributed by atoms with E-state index in [2.05, 4.69) is 20.8 Å². The maximum absolute atomic E-state index is 12.9. The topological polar surface area (TPSA) is 46.6 Å². The highest BCUT2D eigenvalue weighted by Gasteiger charge is 2.30. The van der Waals surface area contributed by atoms with Crippen molar-refractivity contribution in [2.24, 2.45) is 0 Å². The monoisotopic (exact) mass is 351 g/mol. The van der Waals surface area contributed by atoms with Crippen molar-refractivity contribution in [1.82, 2.24) is 0 Å². The summed E-state index contributed by atoms with van der Waals surface area (Å²) in [6.45, 7) is 12.0. The number of aryl methyl sites for hydroxylation is 2. The Morgan fingerprint density at radius 2 is 1.88 bits per heavy atom. The average molecular weight is 352 g/mol. The normalized spacial score (nSPS) is 12.1. The van der Waals surface area contributed by atoms with Crippen molar-refractivity contribution in [3.63, 3.8) is 0 Å². The first-order valence-corrected chi connectivity index (χ1v) is 9.57. The van der Waals surface area contributed by atoms with Crippen LogP contribution in [0.1, 0.15) is 45.7 Å². The van der Waals surface area contributed by atoms with Gasteiger partial charge in [0.2, 0.25) is 5.91 Å². The van der Waals surface area contributed by atoms with Crippen LogP contribution in [-0.2, 0) is 20.7 Å². The molecule has 134 valence electrons. The molecule has 0 spiro atoms. The molecule has 1 amide bonds. The van der Waals surface area contributed by atoms with E-state index in [9.17, 15) is 9.59 Å². The molecule has 0 aliphatic rings. The summed E-state index contributed by atoms with van der Waals surface area (Å²) in [7, 11) is 0. The maximum atomic E-state index is 12.9. The molecule has 24 heavy (non-hydrogen) atoms. The summed E-state index contributed by atoms with van der Waals surface area (Å²) in [5, 5.41) is 0.358. The maximum Gasteiger partial charge on any atom is 0.328 e. The number of rotatable bonds is 8. The van der Waals surface area contributed by atoms with Crippen LogP contribution in [0.2, 0.25) is 0 Å². The molecule has 0 fully saturated rings. The van der Waals surface area contributed by atoms with Gasteiger partial charge in [-0.3, -0.25) is 9.69 Å². The number of esters is 1. The van der Waals surface area contributed by atoms with Gasteiger partial charge in [-0.2, -0.15) is 0 Å². The van der Waals surface area contributed by atoms with Gasteiger partial charge in [0, 0.05) is 0 Å². The highest BCUT2D eigenvalue weighted by molar-refractivity contribution is 8.00. The predicted octanol–water partition coefficient (Wildman–Crippen LogP) is 3.98. The van der Waals surface area contributed by atoms with Crippen LogP contribution >= 0.6 is 11.8 Å². The van der Waals surface area contributed by atoms with E-state index >= 15 is 0 Å². The van der Waals surface area contributed by atoms with E-state index in [1.165, 1.54) is 0 Å². The van der Waals surface area contributed by atoms with E-state index < -0.39 is 6.04 Å². The SMILES string of the molecule is CCOC(=O)C(C)N(C(=O)CSC(C)C)c1c(C)cccc1CC. The fourth-order valence-electron chi connectivity index (χ4n) is 2.56. The average Bonchev–Trinajstić information content (AvgIpc) is 2.54. The molecular formula is C19H29NO3S. The Morgan fingerprint density at radius 3 is 2.42 bits per heavy atom. The highest BCUT2D eigenvalue weighted by atomic mass is 32.2. The third-order valence-corrected chi connectivity index (χ3v) is 4.85. The van der Waals surface area contributed by atoms with Crippen LogP contribution in [-0.4, -0.2) is 35.5 Å². The van der Waals surface area contributed by atoms with Gasteiger partial charge in [0.25, 0.3) is 0 Å². The Bertz CT molecular complexity index is 572. The minimum atomic E-state index is -0.642. The first kappa shape index (κ1) is 20.6. The standard InChI is InChI=1S/C19H29NO3S/c1-7-16-11-9-10-14(5)18(16)20(15(6)19(22)23-8-2)17(21)12-24-13(3)4/h9-11,13,15H,7-8,12H2,1-6H3. The number of nitrogens with zero attached hydrogens (tertiary/aromatic N) is 1. The van der Waals surface area contributed by atoms with E-state index in [-0.39, 0.29) is 11.9 Å². The first-order chi connectivity index (χ1) is 11.3. The van der Waals surface area contributed by atoms with Gasteiger partial charge < -0.3 is 4.74 Å². The van der Waals surface area contributed by atoms with Crippen LogP contribution in [0.4, 0.5) is 5.69 Å². The molecule has 0 radical (unpaired) electrons. The minimum Gasteiger partial charge on any atom is -0.464 e.